The number of carbonyl (C=O) groups is 3. The third-order valence-electron chi connectivity index (χ3n) is 4.75. The zero-order valence-electron chi connectivity index (χ0n) is 14.3. The van der Waals surface area contributed by atoms with Crippen LogP contribution in [-0.4, -0.2) is 42.3 Å². The second-order valence-electron chi connectivity index (χ2n) is 6.57. The van der Waals surface area contributed by atoms with Crippen LogP contribution in [0.3, 0.4) is 0 Å². The summed E-state index contributed by atoms with van der Waals surface area (Å²) in [7, 11) is 0. The first kappa shape index (κ1) is 16.5. The average molecular weight is 349 g/mol. The maximum Gasteiger partial charge on any atom is 0.266 e. The number of rotatable bonds is 4. The van der Waals surface area contributed by atoms with Gasteiger partial charge in [-0.05, 0) is 56.3 Å². The van der Waals surface area contributed by atoms with Crippen molar-refractivity contribution in [2.75, 3.05) is 29.9 Å². The van der Waals surface area contributed by atoms with Gasteiger partial charge in [0.1, 0.15) is 0 Å². The largest absolute Gasteiger partial charge is 0.325 e. The molecule has 0 radical (unpaired) electrons. The maximum atomic E-state index is 12.6. The number of nitrogens with one attached hydrogen (secondary N) is 1. The minimum absolute atomic E-state index is 0.0913. The molecule has 2 aromatic rings. The van der Waals surface area contributed by atoms with Gasteiger partial charge >= 0.3 is 0 Å². The molecule has 0 atom stereocenters. The molecule has 3 amide bonds. The Morgan fingerprint density at radius 2 is 1.58 bits per heavy atom. The van der Waals surface area contributed by atoms with Gasteiger partial charge in [0.2, 0.25) is 5.91 Å². The van der Waals surface area contributed by atoms with E-state index in [2.05, 4.69) is 10.2 Å². The Kier molecular flexibility index (Phi) is 4.26. The number of fused-ring (bicyclic) bond motifs is 1. The van der Waals surface area contributed by atoms with Crippen molar-refractivity contribution in [2.24, 2.45) is 0 Å². The normalized spacial score (nSPS) is 16.8. The summed E-state index contributed by atoms with van der Waals surface area (Å²) in [5.41, 5.74) is 1.83. The Labute approximate surface area is 151 Å². The smallest absolute Gasteiger partial charge is 0.266 e. The molecule has 0 aromatic heterocycles. The molecule has 2 heterocycles. The zero-order chi connectivity index (χ0) is 18.1. The number of likely N-dealkylation sites (tertiary alicyclic amines) is 1. The Balaban J connectivity index is 1.52. The van der Waals surface area contributed by atoms with Crippen LogP contribution in [0.2, 0.25) is 0 Å². The summed E-state index contributed by atoms with van der Waals surface area (Å²) in [6.45, 7) is 2.25. The number of amides is 3. The number of nitrogens with zero attached hydrogens (tertiary/aromatic N) is 2. The number of benzene rings is 2. The van der Waals surface area contributed by atoms with Crippen molar-refractivity contribution in [2.45, 2.75) is 12.8 Å². The van der Waals surface area contributed by atoms with Gasteiger partial charge in [-0.3, -0.25) is 19.3 Å². The molecule has 1 N–H and O–H groups in total. The summed E-state index contributed by atoms with van der Waals surface area (Å²) in [6.07, 6.45) is 2.25. The Bertz CT molecular complexity index is 852. The zero-order valence-corrected chi connectivity index (χ0v) is 14.3. The van der Waals surface area contributed by atoms with Crippen LogP contribution < -0.4 is 10.2 Å². The molecular formula is C20H19N3O3. The average Bonchev–Trinajstić information content (AvgIpc) is 3.23. The lowest BCUT2D eigenvalue weighted by atomic mass is 10.1. The van der Waals surface area contributed by atoms with Crippen LogP contribution in [0.15, 0.2) is 48.5 Å². The van der Waals surface area contributed by atoms with Gasteiger partial charge in [0.05, 0.1) is 23.4 Å². The molecule has 0 aliphatic carbocycles. The molecule has 2 aliphatic heterocycles. The van der Waals surface area contributed by atoms with Crippen LogP contribution >= 0.6 is 0 Å². The Morgan fingerprint density at radius 3 is 2.23 bits per heavy atom. The highest BCUT2D eigenvalue weighted by Crippen LogP contribution is 2.29. The molecule has 0 bridgehead atoms. The van der Waals surface area contributed by atoms with Gasteiger partial charge in [-0.1, -0.05) is 18.2 Å². The molecule has 1 fully saturated rings. The van der Waals surface area contributed by atoms with Crippen molar-refractivity contribution in [3.63, 3.8) is 0 Å². The number of hydrogen-bond acceptors (Lipinski definition) is 4. The van der Waals surface area contributed by atoms with E-state index in [1.54, 1.807) is 48.5 Å². The number of imide groups is 1. The summed E-state index contributed by atoms with van der Waals surface area (Å²) >= 11 is 0. The molecule has 2 aromatic carbocycles. The fourth-order valence-electron chi connectivity index (χ4n) is 3.49. The van der Waals surface area contributed by atoms with Crippen LogP contribution in [0.1, 0.15) is 33.6 Å². The number of hydrogen-bond donors (Lipinski definition) is 1. The predicted octanol–water partition coefficient (Wildman–Crippen LogP) is 2.52. The SMILES string of the molecule is O=C(CN1CCCC1)Nc1cccc(N2C(=O)c3ccccc3C2=O)c1. The highest BCUT2D eigenvalue weighted by Gasteiger charge is 2.36. The molecule has 6 nitrogen and oxygen atoms in total. The van der Waals surface area contributed by atoms with Gasteiger partial charge < -0.3 is 5.32 Å². The fraction of sp³-hybridized carbons (Fsp3) is 0.250. The molecule has 26 heavy (non-hydrogen) atoms. The van der Waals surface area contributed by atoms with Crippen LogP contribution in [-0.2, 0) is 4.79 Å². The highest BCUT2D eigenvalue weighted by molar-refractivity contribution is 6.34. The molecule has 0 unspecified atom stereocenters. The quantitative estimate of drug-likeness (QED) is 0.861. The van der Waals surface area contributed by atoms with E-state index < -0.39 is 0 Å². The molecule has 0 saturated carbocycles. The summed E-state index contributed by atoms with van der Waals surface area (Å²) in [4.78, 5) is 40.6. The monoisotopic (exact) mass is 349 g/mol. The number of anilines is 2. The van der Waals surface area contributed by atoms with Gasteiger partial charge in [0, 0.05) is 5.69 Å². The van der Waals surface area contributed by atoms with E-state index in [0.29, 0.717) is 29.0 Å². The van der Waals surface area contributed by atoms with Crippen molar-refractivity contribution >= 4 is 29.1 Å². The van der Waals surface area contributed by atoms with E-state index in [1.807, 2.05) is 0 Å². The summed E-state index contributed by atoms with van der Waals surface area (Å²) in [5, 5.41) is 2.85. The van der Waals surface area contributed by atoms with Crippen molar-refractivity contribution in [1.29, 1.82) is 0 Å². The third-order valence-corrected chi connectivity index (χ3v) is 4.75. The molecule has 0 spiro atoms. The Hall–Kier alpha value is -2.99. The van der Waals surface area contributed by atoms with Gasteiger partial charge in [-0.15, -0.1) is 0 Å². The van der Waals surface area contributed by atoms with Crippen molar-refractivity contribution in [3.05, 3.63) is 59.7 Å². The molecular weight excluding hydrogens is 330 g/mol. The van der Waals surface area contributed by atoms with E-state index in [9.17, 15) is 14.4 Å². The van der Waals surface area contributed by atoms with Gasteiger partial charge in [0.15, 0.2) is 0 Å². The topological polar surface area (TPSA) is 69.7 Å². The predicted molar refractivity (Wildman–Crippen MR) is 98.3 cm³/mol. The standard InChI is InChI=1S/C20H19N3O3/c24-18(13-22-10-3-4-11-22)21-14-6-5-7-15(12-14)23-19(25)16-8-1-2-9-17(16)20(23)26/h1-2,5-9,12H,3-4,10-11,13H2,(H,21,24). The second-order valence-corrected chi connectivity index (χ2v) is 6.57. The first-order valence-electron chi connectivity index (χ1n) is 8.73. The lowest BCUT2D eigenvalue weighted by Gasteiger charge is -2.17. The van der Waals surface area contributed by atoms with Gasteiger partial charge in [-0.2, -0.15) is 0 Å². The maximum absolute atomic E-state index is 12.6. The van der Waals surface area contributed by atoms with Gasteiger partial charge in [0.25, 0.3) is 11.8 Å². The van der Waals surface area contributed by atoms with E-state index in [0.717, 1.165) is 30.8 Å². The van der Waals surface area contributed by atoms with Crippen LogP contribution in [0, 0.1) is 0 Å². The molecule has 2 aliphatic rings. The minimum Gasteiger partial charge on any atom is -0.325 e. The summed E-state index contributed by atoms with van der Waals surface area (Å²) < 4.78 is 0. The first-order valence-corrected chi connectivity index (χ1v) is 8.73. The first-order chi connectivity index (χ1) is 12.6. The van der Waals surface area contributed by atoms with Gasteiger partial charge in [-0.25, -0.2) is 4.90 Å². The van der Waals surface area contributed by atoms with Crippen molar-refractivity contribution in [1.82, 2.24) is 4.90 Å². The van der Waals surface area contributed by atoms with Crippen molar-refractivity contribution < 1.29 is 14.4 Å². The third kappa shape index (κ3) is 2.99. The highest BCUT2D eigenvalue weighted by atomic mass is 16.2. The number of carbonyl (C=O) groups excluding carboxylic acids is 3. The lowest BCUT2D eigenvalue weighted by Crippen LogP contribution is -2.31. The van der Waals surface area contributed by atoms with Crippen LogP contribution in [0.4, 0.5) is 11.4 Å². The molecule has 1 saturated heterocycles. The van der Waals surface area contributed by atoms with E-state index in [1.165, 1.54) is 0 Å². The molecule has 4 rings (SSSR count). The summed E-state index contributed by atoms with van der Waals surface area (Å²) in [5.74, 6) is -0.774. The van der Waals surface area contributed by atoms with E-state index in [4.69, 9.17) is 0 Å². The van der Waals surface area contributed by atoms with Crippen LogP contribution in [0.25, 0.3) is 0 Å². The van der Waals surface area contributed by atoms with Crippen molar-refractivity contribution in [3.8, 4) is 0 Å². The van der Waals surface area contributed by atoms with E-state index in [-0.39, 0.29) is 17.7 Å². The Morgan fingerprint density at radius 1 is 0.923 bits per heavy atom. The van der Waals surface area contributed by atoms with E-state index >= 15 is 0 Å². The molecule has 132 valence electrons. The fourth-order valence-corrected chi connectivity index (χ4v) is 3.49. The minimum atomic E-state index is -0.342. The van der Waals surface area contributed by atoms with Crippen LogP contribution in [0.5, 0.6) is 0 Å². The second kappa shape index (κ2) is 6.72. The molecule has 6 heteroatoms. The lowest BCUT2D eigenvalue weighted by molar-refractivity contribution is -0.117. The summed E-state index contributed by atoms with van der Waals surface area (Å²) in [6, 6.07) is 13.6.